The molecule has 0 atom stereocenters. The van der Waals surface area contributed by atoms with Crippen LogP contribution in [0.2, 0.25) is 0 Å². The van der Waals surface area contributed by atoms with Crippen LogP contribution in [-0.2, 0) is 4.74 Å². The van der Waals surface area contributed by atoms with Crippen molar-refractivity contribution >= 4 is 23.2 Å². The van der Waals surface area contributed by atoms with Crippen LogP contribution in [0, 0.1) is 0 Å². The monoisotopic (exact) mass is 369 g/mol. The van der Waals surface area contributed by atoms with Gasteiger partial charge in [0.15, 0.2) is 0 Å². The number of carbonyl (C=O) groups excluding carboxylic acids is 1. The van der Waals surface area contributed by atoms with Crippen LogP contribution in [0.4, 0.5) is 17.3 Å². The van der Waals surface area contributed by atoms with E-state index in [1.807, 2.05) is 18.2 Å². The summed E-state index contributed by atoms with van der Waals surface area (Å²) in [4.78, 5) is 23.2. The molecule has 0 saturated carbocycles. The molecule has 1 aliphatic heterocycles. The van der Waals surface area contributed by atoms with Crippen molar-refractivity contribution in [3.63, 3.8) is 0 Å². The number of carbonyl (C=O) groups is 1. The number of anilines is 3. The van der Waals surface area contributed by atoms with Crippen molar-refractivity contribution in [1.29, 1.82) is 0 Å². The number of hydrogen-bond donors (Lipinski definition) is 2. The van der Waals surface area contributed by atoms with E-state index in [-0.39, 0.29) is 5.91 Å². The van der Waals surface area contributed by atoms with E-state index in [1.165, 1.54) is 0 Å². The Morgan fingerprint density at radius 1 is 1.19 bits per heavy atom. The van der Waals surface area contributed by atoms with Gasteiger partial charge in [-0.1, -0.05) is 31.9 Å². The van der Waals surface area contributed by atoms with E-state index in [0.29, 0.717) is 18.2 Å². The van der Waals surface area contributed by atoms with Crippen molar-refractivity contribution in [3.05, 3.63) is 42.2 Å². The Balaban J connectivity index is 1.68. The number of morpholine rings is 1. The third-order valence-electron chi connectivity index (χ3n) is 4.46. The molecule has 27 heavy (non-hydrogen) atoms. The molecule has 3 rings (SSSR count). The Hall–Kier alpha value is -2.67. The molecule has 0 aliphatic carbocycles. The molecule has 1 aliphatic rings. The van der Waals surface area contributed by atoms with Crippen molar-refractivity contribution in [2.75, 3.05) is 43.1 Å². The Bertz CT molecular complexity index is 747. The van der Waals surface area contributed by atoms with Gasteiger partial charge in [-0.15, -0.1) is 0 Å². The number of nitrogens with one attached hydrogen (secondary N) is 2. The van der Waals surface area contributed by atoms with Crippen LogP contribution in [-0.4, -0.2) is 48.7 Å². The second-order valence-electron chi connectivity index (χ2n) is 6.47. The fourth-order valence-electron chi connectivity index (χ4n) is 2.99. The first-order valence-electron chi connectivity index (χ1n) is 9.58. The SMILES string of the molecule is CCCCCNC(=O)c1ccnc(Nc2ccccc2N2CCOCC2)n1. The van der Waals surface area contributed by atoms with Gasteiger partial charge < -0.3 is 20.3 Å². The molecule has 144 valence electrons. The molecule has 7 heteroatoms. The van der Waals surface area contributed by atoms with Gasteiger partial charge in [-0.2, -0.15) is 0 Å². The van der Waals surface area contributed by atoms with Crippen molar-refractivity contribution in [1.82, 2.24) is 15.3 Å². The normalized spacial score (nSPS) is 14.0. The first-order chi connectivity index (χ1) is 13.3. The molecule has 2 N–H and O–H groups in total. The molecule has 0 spiro atoms. The summed E-state index contributed by atoms with van der Waals surface area (Å²) < 4.78 is 5.44. The lowest BCUT2D eigenvalue weighted by Crippen LogP contribution is -2.36. The van der Waals surface area contributed by atoms with E-state index in [4.69, 9.17) is 4.74 Å². The highest BCUT2D eigenvalue weighted by atomic mass is 16.5. The number of nitrogens with zero attached hydrogens (tertiary/aromatic N) is 3. The fourth-order valence-corrected chi connectivity index (χ4v) is 2.99. The Kier molecular flexibility index (Phi) is 6.98. The van der Waals surface area contributed by atoms with E-state index in [9.17, 15) is 4.79 Å². The Labute approximate surface area is 160 Å². The molecular weight excluding hydrogens is 342 g/mol. The first kappa shape index (κ1) is 19.1. The van der Waals surface area contributed by atoms with Gasteiger partial charge in [-0.25, -0.2) is 9.97 Å². The first-order valence-corrected chi connectivity index (χ1v) is 9.58. The lowest BCUT2D eigenvalue weighted by Gasteiger charge is -2.30. The van der Waals surface area contributed by atoms with Crippen LogP contribution >= 0.6 is 0 Å². The van der Waals surface area contributed by atoms with E-state index in [2.05, 4.69) is 38.5 Å². The summed E-state index contributed by atoms with van der Waals surface area (Å²) in [6.07, 6.45) is 4.81. The lowest BCUT2D eigenvalue weighted by molar-refractivity contribution is 0.0948. The summed E-state index contributed by atoms with van der Waals surface area (Å²) in [6, 6.07) is 9.67. The molecule has 2 aromatic rings. The van der Waals surface area contributed by atoms with Gasteiger partial charge >= 0.3 is 0 Å². The molecule has 7 nitrogen and oxygen atoms in total. The molecule has 2 heterocycles. The predicted octanol–water partition coefficient (Wildman–Crippen LogP) is 2.98. The number of hydrogen-bond acceptors (Lipinski definition) is 6. The molecule has 0 bridgehead atoms. The van der Waals surface area contributed by atoms with Gasteiger partial charge in [-0.05, 0) is 24.6 Å². The van der Waals surface area contributed by atoms with E-state index >= 15 is 0 Å². The molecule has 1 amide bonds. The van der Waals surface area contributed by atoms with E-state index in [0.717, 1.165) is 56.9 Å². The number of benzene rings is 1. The zero-order chi connectivity index (χ0) is 18.9. The van der Waals surface area contributed by atoms with Crippen molar-refractivity contribution in [3.8, 4) is 0 Å². The quantitative estimate of drug-likeness (QED) is 0.697. The zero-order valence-corrected chi connectivity index (χ0v) is 15.8. The van der Waals surface area contributed by atoms with Gasteiger partial charge in [-0.3, -0.25) is 4.79 Å². The molecule has 1 aromatic heterocycles. The summed E-state index contributed by atoms with van der Waals surface area (Å²) in [5, 5.41) is 6.17. The predicted molar refractivity (Wildman–Crippen MR) is 107 cm³/mol. The number of aromatic nitrogens is 2. The highest BCUT2D eigenvalue weighted by molar-refractivity contribution is 5.92. The Morgan fingerprint density at radius 2 is 2.00 bits per heavy atom. The van der Waals surface area contributed by atoms with Gasteiger partial charge in [0.05, 0.1) is 24.6 Å². The summed E-state index contributed by atoms with van der Waals surface area (Å²) >= 11 is 0. The summed E-state index contributed by atoms with van der Waals surface area (Å²) in [5.74, 6) is 0.245. The van der Waals surface area contributed by atoms with Crippen LogP contribution in [0.1, 0.15) is 36.7 Å². The third-order valence-corrected chi connectivity index (χ3v) is 4.46. The third kappa shape index (κ3) is 5.40. The zero-order valence-electron chi connectivity index (χ0n) is 15.8. The van der Waals surface area contributed by atoms with Gasteiger partial charge in [0.2, 0.25) is 5.95 Å². The maximum absolute atomic E-state index is 12.3. The number of amides is 1. The second kappa shape index (κ2) is 9.87. The number of rotatable bonds is 8. The van der Waals surface area contributed by atoms with Crippen molar-refractivity contribution < 1.29 is 9.53 Å². The van der Waals surface area contributed by atoms with E-state index in [1.54, 1.807) is 12.3 Å². The van der Waals surface area contributed by atoms with Crippen LogP contribution < -0.4 is 15.5 Å². The number of ether oxygens (including phenoxy) is 1. The van der Waals surface area contributed by atoms with Crippen LogP contribution in [0.25, 0.3) is 0 Å². The van der Waals surface area contributed by atoms with Crippen molar-refractivity contribution in [2.45, 2.75) is 26.2 Å². The van der Waals surface area contributed by atoms with Crippen LogP contribution in [0.15, 0.2) is 36.5 Å². The van der Waals surface area contributed by atoms with Crippen LogP contribution in [0.5, 0.6) is 0 Å². The Morgan fingerprint density at radius 3 is 2.81 bits per heavy atom. The van der Waals surface area contributed by atoms with Gasteiger partial charge in [0.25, 0.3) is 5.91 Å². The number of unbranched alkanes of at least 4 members (excludes halogenated alkanes) is 2. The molecule has 1 saturated heterocycles. The summed E-state index contributed by atoms with van der Waals surface area (Å²) in [6.45, 7) is 5.94. The van der Waals surface area contributed by atoms with Gasteiger partial charge in [0, 0.05) is 25.8 Å². The highest BCUT2D eigenvalue weighted by Crippen LogP contribution is 2.28. The van der Waals surface area contributed by atoms with Crippen LogP contribution in [0.3, 0.4) is 0 Å². The molecule has 0 unspecified atom stereocenters. The van der Waals surface area contributed by atoms with E-state index < -0.39 is 0 Å². The van der Waals surface area contributed by atoms with Gasteiger partial charge in [0.1, 0.15) is 5.69 Å². The summed E-state index contributed by atoms with van der Waals surface area (Å²) in [5.41, 5.74) is 2.37. The largest absolute Gasteiger partial charge is 0.378 e. The minimum atomic E-state index is -0.169. The topological polar surface area (TPSA) is 79.4 Å². The number of para-hydroxylation sites is 2. The minimum absolute atomic E-state index is 0.169. The lowest BCUT2D eigenvalue weighted by atomic mass is 10.2. The van der Waals surface area contributed by atoms with Crippen molar-refractivity contribution in [2.24, 2.45) is 0 Å². The maximum atomic E-state index is 12.3. The molecular formula is C20H27N5O2. The maximum Gasteiger partial charge on any atom is 0.270 e. The average Bonchev–Trinajstić information content (AvgIpc) is 2.72. The molecule has 1 fully saturated rings. The standard InChI is InChI=1S/C20H27N5O2/c1-2-3-6-10-21-19(26)17-9-11-22-20(24-17)23-16-7-4-5-8-18(16)25-12-14-27-15-13-25/h4-5,7-9,11H,2-3,6,10,12-15H2,1H3,(H,21,26)(H,22,23,24). The molecule has 0 radical (unpaired) electrons. The minimum Gasteiger partial charge on any atom is -0.378 e. The fraction of sp³-hybridized carbons (Fsp3) is 0.450. The molecule has 1 aromatic carbocycles. The highest BCUT2D eigenvalue weighted by Gasteiger charge is 2.15. The average molecular weight is 369 g/mol. The smallest absolute Gasteiger partial charge is 0.270 e. The second-order valence-corrected chi connectivity index (χ2v) is 6.47. The summed E-state index contributed by atoms with van der Waals surface area (Å²) in [7, 11) is 0.